The molecule has 1 aromatic carbocycles. The second-order valence-corrected chi connectivity index (χ2v) is 6.35. The minimum atomic E-state index is -0.274. The first-order valence-corrected chi connectivity index (χ1v) is 8.36. The van der Waals surface area contributed by atoms with E-state index in [4.69, 9.17) is 4.74 Å². The maximum Gasteiger partial charge on any atom is 0.254 e. The zero-order valence-electron chi connectivity index (χ0n) is 13.5. The highest BCUT2D eigenvalue weighted by Gasteiger charge is 2.22. The van der Waals surface area contributed by atoms with Gasteiger partial charge in [-0.25, -0.2) is 4.39 Å². The Morgan fingerprint density at radius 2 is 2.08 bits per heavy atom. The Hall–Kier alpha value is -2.37. The number of H-pyrrole nitrogens is 1. The Bertz CT molecular complexity index is 652. The van der Waals surface area contributed by atoms with E-state index in [1.807, 2.05) is 0 Å². The number of hydrogen-bond donors (Lipinski definition) is 2. The summed E-state index contributed by atoms with van der Waals surface area (Å²) in [6.07, 6.45) is 7.40. The predicted molar refractivity (Wildman–Crippen MR) is 88.3 cm³/mol. The van der Waals surface area contributed by atoms with Crippen molar-refractivity contribution in [2.24, 2.45) is 11.8 Å². The van der Waals surface area contributed by atoms with Crippen LogP contribution in [0.15, 0.2) is 36.7 Å². The van der Waals surface area contributed by atoms with Crippen LogP contribution in [0.4, 0.5) is 4.39 Å². The van der Waals surface area contributed by atoms with Crippen molar-refractivity contribution in [3.63, 3.8) is 0 Å². The van der Waals surface area contributed by atoms with Crippen LogP contribution < -0.4 is 10.1 Å². The molecule has 1 heterocycles. The highest BCUT2D eigenvalue weighted by Crippen LogP contribution is 2.29. The Balaban J connectivity index is 1.36. The summed E-state index contributed by atoms with van der Waals surface area (Å²) in [6, 6.07) is 6.26. The third kappa shape index (κ3) is 4.57. The molecule has 6 heteroatoms. The molecule has 0 aliphatic heterocycles. The van der Waals surface area contributed by atoms with Gasteiger partial charge in [-0.05, 0) is 49.7 Å². The summed E-state index contributed by atoms with van der Waals surface area (Å²) in [7, 11) is 0. The van der Waals surface area contributed by atoms with Crippen molar-refractivity contribution in [2.75, 3.05) is 13.2 Å². The highest BCUT2D eigenvalue weighted by atomic mass is 19.1. The molecule has 0 unspecified atom stereocenters. The molecule has 1 aliphatic carbocycles. The van der Waals surface area contributed by atoms with E-state index in [0.717, 1.165) is 25.7 Å². The van der Waals surface area contributed by atoms with Crippen molar-refractivity contribution >= 4 is 5.91 Å². The van der Waals surface area contributed by atoms with Crippen molar-refractivity contribution < 1.29 is 13.9 Å². The summed E-state index contributed by atoms with van der Waals surface area (Å²) in [5.74, 6) is 1.23. The predicted octanol–water partition coefficient (Wildman–Crippen LogP) is 3.16. The van der Waals surface area contributed by atoms with Gasteiger partial charge in [-0.15, -0.1) is 0 Å². The first-order chi connectivity index (χ1) is 11.7. The summed E-state index contributed by atoms with van der Waals surface area (Å²) in [4.78, 5) is 11.9. The van der Waals surface area contributed by atoms with E-state index < -0.39 is 0 Å². The van der Waals surface area contributed by atoms with Gasteiger partial charge in [0.2, 0.25) is 0 Å². The van der Waals surface area contributed by atoms with Gasteiger partial charge in [-0.1, -0.05) is 6.07 Å². The van der Waals surface area contributed by atoms with Crippen LogP contribution >= 0.6 is 0 Å². The molecular formula is C18H22FN3O2. The molecular weight excluding hydrogens is 309 g/mol. The fraction of sp³-hybridized carbons (Fsp3) is 0.444. The number of nitrogens with zero attached hydrogens (tertiary/aromatic N) is 1. The molecule has 0 radical (unpaired) electrons. The normalized spacial score (nSPS) is 20.5. The standard InChI is InChI=1S/C18H22FN3O2/c19-16-2-1-3-17(8-16)24-12-14-6-4-13(5-7-14)9-20-18(23)15-10-21-22-11-15/h1-3,8,10-11,13-14H,4-7,9,12H2,(H,20,23)(H,21,22)/t13-,14+. The Labute approximate surface area is 140 Å². The number of aromatic nitrogens is 2. The molecule has 128 valence electrons. The second-order valence-electron chi connectivity index (χ2n) is 6.35. The van der Waals surface area contributed by atoms with Gasteiger partial charge in [0.1, 0.15) is 11.6 Å². The van der Waals surface area contributed by atoms with Gasteiger partial charge < -0.3 is 10.1 Å². The molecule has 1 amide bonds. The molecule has 1 saturated carbocycles. The maximum absolute atomic E-state index is 13.1. The summed E-state index contributed by atoms with van der Waals surface area (Å²) in [5, 5.41) is 9.37. The largest absolute Gasteiger partial charge is 0.493 e. The van der Waals surface area contributed by atoms with Gasteiger partial charge in [0, 0.05) is 18.8 Å². The number of rotatable bonds is 6. The topological polar surface area (TPSA) is 67.0 Å². The van der Waals surface area contributed by atoms with E-state index in [-0.39, 0.29) is 11.7 Å². The number of nitrogens with one attached hydrogen (secondary N) is 2. The van der Waals surface area contributed by atoms with E-state index in [9.17, 15) is 9.18 Å². The van der Waals surface area contributed by atoms with Crippen LogP contribution in [-0.2, 0) is 0 Å². The molecule has 1 aliphatic rings. The molecule has 0 spiro atoms. The zero-order valence-corrected chi connectivity index (χ0v) is 13.5. The molecule has 1 fully saturated rings. The van der Waals surface area contributed by atoms with E-state index >= 15 is 0 Å². The smallest absolute Gasteiger partial charge is 0.254 e. The Morgan fingerprint density at radius 1 is 1.29 bits per heavy atom. The number of hydrogen-bond acceptors (Lipinski definition) is 3. The number of halogens is 1. The van der Waals surface area contributed by atoms with E-state index in [1.165, 1.54) is 18.3 Å². The quantitative estimate of drug-likeness (QED) is 0.854. The van der Waals surface area contributed by atoms with E-state index in [1.54, 1.807) is 18.3 Å². The summed E-state index contributed by atoms with van der Waals surface area (Å²) >= 11 is 0. The van der Waals surface area contributed by atoms with Crippen molar-refractivity contribution in [1.29, 1.82) is 0 Å². The number of amides is 1. The van der Waals surface area contributed by atoms with Crippen LogP contribution in [0.5, 0.6) is 5.75 Å². The fourth-order valence-corrected chi connectivity index (χ4v) is 3.09. The number of carbonyl (C=O) groups excluding carboxylic acids is 1. The van der Waals surface area contributed by atoms with Crippen molar-refractivity contribution in [2.45, 2.75) is 25.7 Å². The average Bonchev–Trinajstić information content (AvgIpc) is 3.13. The molecule has 1 aromatic heterocycles. The average molecular weight is 331 g/mol. The molecule has 2 N–H and O–H groups in total. The maximum atomic E-state index is 13.1. The van der Waals surface area contributed by atoms with Crippen molar-refractivity contribution in [3.05, 3.63) is 48.0 Å². The molecule has 0 saturated heterocycles. The van der Waals surface area contributed by atoms with Gasteiger partial charge in [0.15, 0.2) is 0 Å². The van der Waals surface area contributed by atoms with Gasteiger partial charge in [-0.2, -0.15) is 5.10 Å². The summed E-state index contributed by atoms with van der Waals surface area (Å²) in [6.45, 7) is 1.32. The fourth-order valence-electron chi connectivity index (χ4n) is 3.09. The van der Waals surface area contributed by atoms with Crippen molar-refractivity contribution in [3.8, 4) is 5.75 Å². The summed E-state index contributed by atoms with van der Waals surface area (Å²) < 4.78 is 18.8. The van der Waals surface area contributed by atoms with E-state index in [2.05, 4.69) is 15.5 Å². The number of aromatic amines is 1. The molecule has 2 aromatic rings. The highest BCUT2D eigenvalue weighted by molar-refractivity contribution is 5.93. The van der Waals surface area contributed by atoms with Crippen LogP contribution in [0.2, 0.25) is 0 Å². The molecule has 5 nitrogen and oxygen atoms in total. The van der Waals surface area contributed by atoms with Crippen LogP contribution in [0.3, 0.4) is 0 Å². The van der Waals surface area contributed by atoms with Gasteiger partial charge >= 0.3 is 0 Å². The third-order valence-electron chi connectivity index (χ3n) is 4.56. The first-order valence-electron chi connectivity index (χ1n) is 8.36. The molecule has 24 heavy (non-hydrogen) atoms. The van der Waals surface area contributed by atoms with Crippen LogP contribution in [0.1, 0.15) is 36.0 Å². The second kappa shape index (κ2) is 7.95. The SMILES string of the molecule is O=C(NC[C@H]1CC[C@@H](COc2cccc(F)c2)CC1)c1cn[nH]c1. The minimum absolute atomic E-state index is 0.0830. The van der Waals surface area contributed by atoms with E-state index in [0.29, 0.717) is 36.3 Å². The van der Waals surface area contributed by atoms with Gasteiger partial charge in [0.05, 0.1) is 18.4 Å². The molecule has 3 rings (SSSR count). The number of benzene rings is 1. The third-order valence-corrected chi connectivity index (χ3v) is 4.56. The van der Waals surface area contributed by atoms with Crippen LogP contribution in [0.25, 0.3) is 0 Å². The molecule has 0 atom stereocenters. The van der Waals surface area contributed by atoms with Gasteiger partial charge in [0.25, 0.3) is 5.91 Å². The Morgan fingerprint density at radius 3 is 2.79 bits per heavy atom. The number of carbonyl (C=O) groups is 1. The van der Waals surface area contributed by atoms with Crippen molar-refractivity contribution in [1.82, 2.24) is 15.5 Å². The lowest BCUT2D eigenvalue weighted by atomic mass is 9.82. The monoisotopic (exact) mass is 331 g/mol. The lowest BCUT2D eigenvalue weighted by Gasteiger charge is -2.28. The first kappa shape index (κ1) is 16.5. The summed E-state index contributed by atoms with van der Waals surface area (Å²) in [5.41, 5.74) is 0.562. The van der Waals surface area contributed by atoms with Crippen LogP contribution in [-0.4, -0.2) is 29.3 Å². The Kier molecular flexibility index (Phi) is 5.46. The lowest BCUT2D eigenvalue weighted by molar-refractivity contribution is 0.0938. The van der Waals surface area contributed by atoms with Gasteiger partial charge in [-0.3, -0.25) is 9.89 Å². The molecule has 0 bridgehead atoms. The minimum Gasteiger partial charge on any atom is -0.493 e. The zero-order chi connectivity index (χ0) is 16.8. The lowest BCUT2D eigenvalue weighted by Crippen LogP contribution is -2.31. The number of ether oxygens (including phenoxy) is 1. The van der Waals surface area contributed by atoms with Crippen LogP contribution in [0, 0.1) is 17.7 Å².